The second-order valence-corrected chi connectivity index (χ2v) is 4.83. The van der Waals surface area contributed by atoms with E-state index in [1.54, 1.807) is 24.3 Å². The first-order valence-corrected chi connectivity index (χ1v) is 6.61. The van der Waals surface area contributed by atoms with Crippen molar-refractivity contribution in [2.45, 2.75) is 32.6 Å². The summed E-state index contributed by atoms with van der Waals surface area (Å²) < 4.78 is 0. The monoisotopic (exact) mass is 262 g/mol. The molecule has 0 radical (unpaired) electrons. The Kier molecular flexibility index (Phi) is 3.97. The molecular formula is C15H15ClO2. The second kappa shape index (κ2) is 5.49. The fourth-order valence-electron chi connectivity index (χ4n) is 2.17. The lowest BCUT2D eigenvalue weighted by Gasteiger charge is -2.17. The van der Waals surface area contributed by atoms with Gasteiger partial charge in [-0.15, -0.1) is 0 Å². The van der Waals surface area contributed by atoms with Gasteiger partial charge in [-0.3, -0.25) is 9.59 Å². The summed E-state index contributed by atoms with van der Waals surface area (Å²) in [5.41, 5.74) is 1.39. The maximum Gasteiger partial charge on any atom is 0.205 e. The largest absolute Gasteiger partial charge is 0.289 e. The van der Waals surface area contributed by atoms with Crippen LogP contribution in [0.1, 0.15) is 53.3 Å². The van der Waals surface area contributed by atoms with Crippen LogP contribution in [0.3, 0.4) is 0 Å². The molecule has 0 aromatic heterocycles. The molecule has 1 aromatic rings. The molecule has 0 saturated heterocycles. The molecule has 3 heteroatoms. The number of hydrogen-bond donors (Lipinski definition) is 0. The van der Waals surface area contributed by atoms with Crippen LogP contribution in [0.5, 0.6) is 0 Å². The van der Waals surface area contributed by atoms with Crippen molar-refractivity contribution < 1.29 is 9.59 Å². The van der Waals surface area contributed by atoms with Crippen LogP contribution in [0.25, 0.3) is 0 Å². The third kappa shape index (κ3) is 2.25. The van der Waals surface area contributed by atoms with Crippen molar-refractivity contribution in [1.29, 1.82) is 0 Å². The molecule has 18 heavy (non-hydrogen) atoms. The minimum atomic E-state index is -0.224. The number of halogens is 1. The van der Waals surface area contributed by atoms with E-state index in [9.17, 15) is 9.59 Å². The van der Waals surface area contributed by atoms with Gasteiger partial charge in [0.2, 0.25) is 5.78 Å². The highest BCUT2D eigenvalue weighted by molar-refractivity contribution is 6.50. The number of ketones is 2. The molecule has 2 nitrogen and oxygen atoms in total. The third-order valence-corrected chi connectivity index (χ3v) is 3.58. The first-order chi connectivity index (χ1) is 8.66. The molecule has 0 unspecified atom stereocenters. The molecule has 0 N–H and O–H groups in total. The number of rotatable bonds is 4. The third-order valence-electron chi connectivity index (χ3n) is 3.19. The van der Waals surface area contributed by atoms with Crippen LogP contribution in [0.2, 0.25) is 0 Å². The lowest BCUT2D eigenvalue weighted by atomic mass is 9.87. The van der Waals surface area contributed by atoms with Crippen molar-refractivity contribution in [3.63, 3.8) is 0 Å². The summed E-state index contributed by atoms with van der Waals surface area (Å²) in [4.78, 5) is 24.3. The van der Waals surface area contributed by atoms with Gasteiger partial charge in [-0.05, 0) is 12.8 Å². The number of unbranched alkanes of at least 4 members (excludes halogenated alkanes) is 2. The zero-order valence-corrected chi connectivity index (χ0v) is 11.1. The number of fused-ring (bicyclic) bond motifs is 1. The van der Waals surface area contributed by atoms with Crippen LogP contribution < -0.4 is 0 Å². The lowest BCUT2D eigenvalue weighted by molar-refractivity contribution is 0.0977. The highest BCUT2D eigenvalue weighted by Crippen LogP contribution is 2.31. The van der Waals surface area contributed by atoms with Gasteiger partial charge in [0.05, 0.1) is 5.03 Å². The number of allylic oxidation sites excluding steroid dienone is 2. The Hall–Kier alpha value is -1.41. The summed E-state index contributed by atoms with van der Waals surface area (Å²) in [6.45, 7) is 2.10. The molecule has 0 bridgehead atoms. The van der Waals surface area contributed by atoms with Crippen LogP contribution in [0.15, 0.2) is 34.9 Å². The fraction of sp³-hybridized carbons (Fsp3) is 0.333. The summed E-state index contributed by atoms with van der Waals surface area (Å²) in [6, 6.07) is 6.86. The summed E-state index contributed by atoms with van der Waals surface area (Å²) in [7, 11) is 0. The predicted molar refractivity (Wildman–Crippen MR) is 72.1 cm³/mol. The Bertz CT molecular complexity index is 529. The summed E-state index contributed by atoms with van der Waals surface area (Å²) in [6.07, 6.45) is 3.59. The molecule has 0 amide bonds. The molecule has 0 saturated carbocycles. The van der Waals surface area contributed by atoms with Crippen molar-refractivity contribution in [1.82, 2.24) is 0 Å². The van der Waals surface area contributed by atoms with E-state index in [0.29, 0.717) is 23.1 Å². The zero-order valence-electron chi connectivity index (χ0n) is 10.3. The van der Waals surface area contributed by atoms with Crippen LogP contribution in [0.4, 0.5) is 0 Å². The zero-order chi connectivity index (χ0) is 13.1. The highest BCUT2D eigenvalue weighted by Gasteiger charge is 2.30. The molecule has 0 aliphatic heterocycles. The van der Waals surface area contributed by atoms with Gasteiger partial charge in [0.15, 0.2) is 5.78 Å². The first-order valence-electron chi connectivity index (χ1n) is 6.24. The van der Waals surface area contributed by atoms with Gasteiger partial charge in [0.25, 0.3) is 0 Å². The topological polar surface area (TPSA) is 34.1 Å². The highest BCUT2D eigenvalue weighted by atomic mass is 35.5. The SMILES string of the molecule is CCCCCC1=C(Cl)C(=O)c2ccccc2C1=O. The smallest absolute Gasteiger partial charge is 0.205 e. The van der Waals surface area contributed by atoms with E-state index >= 15 is 0 Å². The molecule has 94 valence electrons. The maximum atomic E-state index is 12.3. The van der Waals surface area contributed by atoms with Crippen LogP contribution >= 0.6 is 11.6 Å². The van der Waals surface area contributed by atoms with Crippen molar-refractivity contribution in [2.24, 2.45) is 0 Å². The van der Waals surface area contributed by atoms with Crippen LogP contribution in [-0.2, 0) is 0 Å². The average molecular weight is 263 g/mol. The van der Waals surface area contributed by atoms with Gasteiger partial charge in [-0.25, -0.2) is 0 Å². The van der Waals surface area contributed by atoms with Crippen molar-refractivity contribution >= 4 is 23.2 Å². The van der Waals surface area contributed by atoms with Crippen molar-refractivity contribution in [3.8, 4) is 0 Å². The Morgan fingerprint density at radius 2 is 1.61 bits per heavy atom. The Morgan fingerprint density at radius 1 is 1.00 bits per heavy atom. The van der Waals surface area contributed by atoms with E-state index in [-0.39, 0.29) is 16.6 Å². The summed E-state index contributed by atoms with van der Waals surface area (Å²) in [5.74, 6) is -0.315. The molecule has 0 fully saturated rings. The van der Waals surface area contributed by atoms with Crippen molar-refractivity contribution in [3.05, 3.63) is 46.0 Å². The van der Waals surface area contributed by atoms with E-state index in [1.807, 2.05) is 0 Å². The number of hydrogen-bond acceptors (Lipinski definition) is 2. The molecule has 0 spiro atoms. The number of benzene rings is 1. The van der Waals surface area contributed by atoms with Gasteiger partial charge in [0, 0.05) is 16.7 Å². The molecule has 1 aromatic carbocycles. The van der Waals surface area contributed by atoms with E-state index in [0.717, 1.165) is 19.3 Å². The van der Waals surface area contributed by atoms with Crippen molar-refractivity contribution in [2.75, 3.05) is 0 Å². The first kappa shape index (κ1) is 13.0. The maximum absolute atomic E-state index is 12.3. The van der Waals surface area contributed by atoms with E-state index < -0.39 is 0 Å². The van der Waals surface area contributed by atoms with Gasteiger partial charge in [-0.2, -0.15) is 0 Å². The van der Waals surface area contributed by atoms with E-state index in [4.69, 9.17) is 11.6 Å². The molecule has 0 heterocycles. The van der Waals surface area contributed by atoms with Gasteiger partial charge >= 0.3 is 0 Å². The summed E-state index contributed by atoms with van der Waals surface area (Å²) in [5, 5.41) is 0.106. The Morgan fingerprint density at radius 3 is 2.22 bits per heavy atom. The van der Waals surface area contributed by atoms with Crippen LogP contribution in [-0.4, -0.2) is 11.6 Å². The van der Waals surface area contributed by atoms with Crippen LogP contribution in [0, 0.1) is 0 Å². The number of Topliss-reactive ketones (excluding diaryl/α,β-unsaturated/α-hetero) is 2. The molecule has 2 rings (SSSR count). The molecule has 1 aliphatic rings. The standard InChI is InChI=1S/C15H15ClO2/c1-2-3-4-9-12-13(16)15(18)11-8-6-5-7-10(11)14(12)17/h5-8H,2-4,9H2,1H3. The molecular weight excluding hydrogens is 248 g/mol. The Labute approximate surface area is 112 Å². The Balaban J connectivity index is 2.34. The molecule has 0 atom stereocenters. The lowest BCUT2D eigenvalue weighted by Crippen LogP contribution is -2.19. The summed E-state index contributed by atoms with van der Waals surface area (Å²) >= 11 is 6.04. The number of carbonyl (C=O) groups excluding carboxylic acids is 2. The normalized spacial score (nSPS) is 15.0. The minimum absolute atomic E-state index is 0.0914. The van der Waals surface area contributed by atoms with E-state index in [2.05, 4.69) is 6.92 Å². The fourth-order valence-corrected chi connectivity index (χ4v) is 2.45. The molecule has 1 aliphatic carbocycles. The minimum Gasteiger partial charge on any atom is -0.289 e. The van der Waals surface area contributed by atoms with Gasteiger partial charge in [0.1, 0.15) is 0 Å². The average Bonchev–Trinajstić information content (AvgIpc) is 2.40. The van der Waals surface area contributed by atoms with Gasteiger partial charge < -0.3 is 0 Å². The van der Waals surface area contributed by atoms with Gasteiger partial charge in [-0.1, -0.05) is 55.6 Å². The quantitative estimate of drug-likeness (QED) is 0.765. The predicted octanol–water partition coefficient (Wildman–Crippen LogP) is 4.14. The second-order valence-electron chi connectivity index (χ2n) is 4.45. The van der Waals surface area contributed by atoms with E-state index in [1.165, 1.54) is 0 Å². The number of carbonyl (C=O) groups is 2.